The third-order valence-electron chi connectivity index (χ3n) is 3.26. The third kappa shape index (κ3) is 3.73. The summed E-state index contributed by atoms with van der Waals surface area (Å²) in [6.07, 6.45) is 1.45. The molecule has 0 aliphatic heterocycles. The Kier molecular flexibility index (Phi) is 4.47. The number of aromatic nitrogens is 1. The number of nitrogens with one attached hydrogen (secondary N) is 2. The molecular weight excluding hydrogens is 312 g/mol. The Bertz CT molecular complexity index is 849. The van der Waals surface area contributed by atoms with Crippen molar-refractivity contribution in [1.29, 1.82) is 0 Å². The van der Waals surface area contributed by atoms with E-state index in [1.54, 1.807) is 30.3 Å². The first-order valence-corrected chi connectivity index (χ1v) is 7.16. The summed E-state index contributed by atoms with van der Waals surface area (Å²) in [6.45, 7) is 0. The average molecular weight is 325 g/mol. The van der Waals surface area contributed by atoms with Crippen LogP contribution in [0.25, 0.3) is 0 Å². The number of para-hydroxylation sites is 1. The van der Waals surface area contributed by atoms with Gasteiger partial charge in [-0.3, -0.25) is 4.79 Å². The Morgan fingerprint density at radius 3 is 2.33 bits per heavy atom. The van der Waals surface area contributed by atoms with Crippen LogP contribution in [0, 0.1) is 11.6 Å². The van der Waals surface area contributed by atoms with E-state index >= 15 is 0 Å². The summed E-state index contributed by atoms with van der Waals surface area (Å²) < 4.78 is 26.4. The first-order valence-electron chi connectivity index (χ1n) is 7.16. The second-order valence-electron chi connectivity index (χ2n) is 5.00. The molecule has 0 aliphatic carbocycles. The maximum Gasteiger partial charge on any atom is 0.255 e. The summed E-state index contributed by atoms with van der Waals surface area (Å²) in [6, 6.07) is 14.7. The summed E-state index contributed by atoms with van der Waals surface area (Å²) in [4.78, 5) is 16.1. The normalized spacial score (nSPS) is 10.2. The molecule has 6 heteroatoms. The van der Waals surface area contributed by atoms with Gasteiger partial charge in [0.2, 0.25) is 0 Å². The van der Waals surface area contributed by atoms with Gasteiger partial charge in [0.15, 0.2) is 0 Å². The number of carbonyl (C=O) groups excluding carboxylic acids is 1. The Morgan fingerprint density at radius 2 is 1.67 bits per heavy atom. The molecule has 2 N–H and O–H groups in total. The molecule has 0 atom stereocenters. The molecule has 0 unspecified atom stereocenters. The molecule has 0 spiro atoms. The Balaban J connectivity index is 1.67. The van der Waals surface area contributed by atoms with Gasteiger partial charge in [0, 0.05) is 5.56 Å². The standard InChI is InChI=1S/C18H13F2N3O/c19-13-7-5-12(6-8-13)18(24)22-14-9-10-17(21-11-14)23-16-4-2-1-3-15(16)20/h1-11H,(H,21,23)(H,22,24). The number of amides is 1. The fraction of sp³-hybridized carbons (Fsp3) is 0. The lowest BCUT2D eigenvalue weighted by atomic mass is 10.2. The zero-order chi connectivity index (χ0) is 16.9. The van der Waals surface area contributed by atoms with Gasteiger partial charge in [-0.15, -0.1) is 0 Å². The first kappa shape index (κ1) is 15.6. The van der Waals surface area contributed by atoms with Crippen molar-refractivity contribution in [3.8, 4) is 0 Å². The minimum absolute atomic E-state index is 0.313. The number of nitrogens with zero attached hydrogens (tertiary/aromatic N) is 1. The minimum Gasteiger partial charge on any atom is -0.338 e. The van der Waals surface area contributed by atoms with E-state index in [2.05, 4.69) is 15.6 Å². The summed E-state index contributed by atoms with van der Waals surface area (Å²) in [5.74, 6) is -0.712. The molecule has 1 heterocycles. The SMILES string of the molecule is O=C(Nc1ccc(Nc2ccccc2F)nc1)c1ccc(F)cc1. The van der Waals surface area contributed by atoms with Crippen molar-refractivity contribution in [1.82, 2.24) is 4.98 Å². The molecule has 24 heavy (non-hydrogen) atoms. The van der Waals surface area contributed by atoms with Crippen molar-refractivity contribution in [2.45, 2.75) is 0 Å². The van der Waals surface area contributed by atoms with E-state index in [1.165, 1.54) is 36.5 Å². The molecule has 0 saturated heterocycles. The summed E-state index contributed by atoms with van der Waals surface area (Å²) >= 11 is 0. The van der Waals surface area contributed by atoms with Crippen molar-refractivity contribution in [3.63, 3.8) is 0 Å². The zero-order valence-corrected chi connectivity index (χ0v) is 12.5. The predicted molar refractivity (Wildman–Crippen MR) is 88.3 cm³/mol. The molecule has 3 aromatic rings. The van der Waals surface area contributed by atoms with E-state index in [9.17, 15) is 13.6 Å². The van der Waals surface area contributed by atoms with Crippen LogP contribution < -0.4 is 10.6 Å². The number of rotatable bonds is 4. The number of hydrogen-bond donors (Lipinski definition) is 2. The molecule has 0 aliphatic rings. The molecule has 0 radical (unpaired) electrons. The van der Waals surface area contributed by atoms with Crippen molar-refractivity contribution < 1.29 is 13.6 Å². The van der Waals surface area contributed by atoms with Crippen LogP contribution in [0.15, 0.2) is 66.9 Å². The number of carbonyl (C=O) groups is 1. The Labute approximate surface area is 137 Å². The lowest BCUT2D eigenvalue weighted by molar-refractivity contribution is 0.102. The van der Waals surface area contributed by atoms with Gasteiger partial charge in [-0.05, 0) is 48.5 Å². The predicted octanol–water partition coefficient (Wildman–Crippen LogP) is 4.36. The van der Waals surface area contributed by atoms with E-state index in [4.69, 9.17) is 0 Å². The second-order valence-corrected chi connectivity index (χ2v) is 5.00. The number of benzene rings is 2. The van der Waals surface area contributed by atoms with Crippen LogP contribution in [0.2, 0.25) is 0 Å². The van der Waals surface area contributed by atoms with Gasteiger partial charge in [-0.2, -0.15) is 0 Å². The van der Waals surface area contributed by atoms with Gasteiger partial charge in [0.1, 0.15) is 17.5 Å². The fourth-order valence-corrected chi connectivity index (χ4v) is 2.05. The van der Waals surface area contributed by atoms with Gasteiger partial charge >= 0.3 is 0 Å². The van der Waals surface area contributed by atoms with Crippen molar-refractivity contribution >= 4 is 23.1 Å². The fourth-order valence-electron chi connectivity index (χ4n) is 2.05. The lowest BCUT2D eigenvalue weighted by Crippen LogP contribution is -2.12. The van der Waals surface area contributed by atoms with Gasteiger partial charge in [-0.25, -0.2) is 13.8 Å². The van der Waals surface area contributed by atoms with Crippen LogP contribution in [-0.4, -0.2) is 10.9 Å². The molecule has 1 amide bonds. The highest BCUT2D eigenvalue weighted by Crippen LogP contribution is 2.19. The van der Waals surface area contributed by atoms with Crippen molar-refractivity contribution in [2.75, 3.05) is 10.6 Å². The maximum absolute atomic E-state index is 13.6. The smallest absolute Gasteiger partial charge is 0.255 e. The summed E-state index contributed by atoms with van der Waals surface area (Å²) in [5.41, 5.74) is 1.13. The highest BCUT2D eigenvalue weighted by molar-refractivity contribution is 6.04. The highest BCUT2D eigenvalue weighted by atomic mass is 19.1. The van der Waals surface area contributed by atoms with E-state index in [0.717, 1.165) is 0 Å². The number of pyridine rings is 1. The first-order chi connectivity index (χ1) is 11.6. The Hall–Kier alpha value is -3.28. The van der Waals surface area contributed by atoms with Gasteiger partial charge in [-0.1, -0.05) is 12.1 Å². The largest absolute Gasteiger partial charge is 0.338 e. The molecule has 1 aromatic heterocycles. The monoisotopic (exact) mass is 325 g/mol. The number of halogens is 2. The number of hydrogen-bond acceptors (Lipinski definition) is 3. The topological polar surface area (TPSA) is 54.0 Å². The molecular formula is C18H13F2N3O. The molecule has 0 fully saturated rings. The Morgan fingerprint density at radius 1 is 0.917 bits per heavy atom. The molecule has 3 rings (SSSR count). The van der Waals surface area contributed by atoms with Gasteiger partial charge < -0.3 is 10.6 Å². The second kappa shape index (κ2) is 6.87. The third-order valence-corrected chi connectivity index (χ3v) is 3.26. The molecule has 4 nitrogen and oxygen atoms in total. The minimum atomic E-state index is -0.406. The quantitative estimate of drug-likeness (QED) is 0.749. The average Bonchev–Trinajstić information content (AvgIpc) is 2.59. The van der Waals surface area contributed by atoms with Crippen LogP contribution >= 0.6 is 0 Å². The van der Waals surface area contributed by atoms with E-state index < -0.39 is 5.82 Å². The van der Waals surface area contributed by atoms with Crippen LogP contribution in [-0.2, 0) is 0 Å². The molecule has 0 saturated carbocycles. The van der Waals surface area contributed by atoms with Crippen LogP contribution in [0.3, 0.4) is 0 Å². The van der Waals surface area contributed by atoms with Gasteiger partial charge in [0.05, 0.1) is 17.6 Å². The lowest BCUT2D eigenvalue weighted by Gasteiger charge is -2.08. The molecule has 2 aromatic carbocycles. The van der Waals surface area contributed by atoms with E-state index in [0.29, 0.717) is 22.8 Å². The van der Waals surface area contributed by atoms with Crippen LogP contribution in [0.1, 0.15) is 10.4 Å². The number of anilines is 3. The molecule has 120 valence electrons. The van der Waals surface area contributed by atoms with Crippen LogP contribution in [0.4, 0.5) is 26.0 Å². The zero-order valence-electron chi connectivity index (χ0n) is 12.5. The van der Waals surface area contributed by atoms with Gasteiger partial charge in [0.25, 0.3) is 5.91 Å². The highest BCUT2D eigenvalue weighted by Gasteiger charge is 2.07. The molecule has 0 bridgehead atoms. The van der Waals surface area contributed by atoms with E-state index in [-0.39, 0.29) is 11.7 Å². The van der Waals surface area contributed by atoms with Crippen molar-refractivity contribution in [2.24, 2.45) is 0 Å². The maximum atomic E-state index is 13.6. The summed E-state index contributed by atoms with van der Waals surface area (Å²) in [7, 11) is 0. The van der Waals surface area contributed by atoms with E-state index in [1.807, 2.05) is 0 Å². The summed E-state index contributed by atoms with van der Waals surface area (Å²) in [5, 5.41) is 5.50. The van der Waals surface area contributed by atoms with Crippen LogP contribution in [0.5, 0.6) is 0 Å². The van der Waals surface area contributed by atoms with Crippen molar-refractivity contribution in [3.05, 3.63) is 84.1 Å².